The summed E-state index contributed by atoms with van der Waals surface area (Å²) in [7, 11) is 0. The molecule has 8 heteroatoms. The number of amides is 1. The first-order chi connectivity index (χ1) is 12.5. The predicted molar refractivity (Wildman–Crippen MR) is 105 cm³/mol. The van der Waals surface area contributed by atoms with Gasteiger partial charge in [-0.2, -0.15) is 5.10 Å². The van der Waals surface area contributed by atoms with Crippen LogP contribution in [0.2, 0.25) is 5.02 Å². The van der Waals surface area contributed by atoms with Crippen molar-refractivity contribution in [1.82, 2.24) is 10.2 Å². The van der Waals surface area contributed by atoms with E-state index in [1.54, 1.807) is 31.2 Å². The zero-order valence-electron chi connectivity index (χ0n) is 14.2. The van der Waals surface area contributed by atoms with E-state index in [2.05, 4.69) is 20.8 Å². The predicted octanol–water partition coefficient (Wildman–Crippen LogP) is 3.64. The van der Waals surface area contributed by atoms with E-state index in [1.807, 2.05) is 30.3 Å². The summed E-state index contributed by atoms with van der Waals surface area (Å²) in [6, 6.07) is 16.2. The van der Waals surface area contributed by atoms with E-state index in [1.165, 1.54) is 0 Å². The maximum absolute atomic E-state index is 12.5. The maximum Gasteiger partial charge on any atom is 0.263 e. The number of aliphatic hydroxyl groups excluding tert-OH is 1. The number of carbonyl (C=O) groups excluding carboxylic acids is 1. The molecule has 0 spiro atoms. The second-order valence-corrected chi connectivity index (χ2v) is 5.57. The second-order valence-electron chi connectivity index (χ2n) is 5.13. The number of hydrogen-bond donors (Lipinski definition) is 5. The topological polar surface area (TPSA) is 116 Å². The maximum atomic E-state index is 12.5. The molecule has 0 radical (unpaired) electrons. The fourth-order valence-electron chi connectivity index (χ4n) is 2.06. The second kappa shape index (κ2) is 9.45. The van der Waals surface area contributed by atoms with Crippen molar-refractivity contribution >= 4 is 40.5 Å². The molecule has 0 fully saturated rings. The lowest BCUT2D eigenvalue weighted by Gasteiger charge is -2.08. The first-order valence-electron chi connectivity index (χ1n) is 7.88. The molecule has 2 aromatic carbocycles. The summed E-state index contributed by atoms with van der Waals surface area (Å²) in [6.07, 6.45) is 0. The fraction of sp³-hybridized carbons (Fsp3) is 0.111. The van der Waals surface area contributed by atoms with Gasteiger partial charge in [-0.3, -0.25) is 9.89 Å². The molecular formula is C18H20ClN5O2. The molecular weight excluding hydrogens is 354 g/mol. The average Bonchev–Trinajstić information content (AvgIpc) is 2.99. The van der Waals surface area contributed by atoms with E-state index < -0.39 is 0 Å². The molecule has 6 N–H and O–H groups in total. The van der Waals surface area contributed by atoms with Gasteiger partial charge in [-0.1, -0.05) is 29.8 Å². The number of aromatic nitrogens is 2. The number of nitrogens with zero attached hydrogens (tertiary/aromatic N) is 1. The lowest BCUT2D eigenvalue weighted by atomic mass is 10.2. The highest BCUT2D eigenvalue weighted by Crippen LogP contribution is 2.24. The first-order valence-corrected chi connectivity index (χ1v) is 8.26. The van der Waals surface area contributed by atoms with Crippen LogP contribution >= 0.6 is 11.6 Å². The Hall–Kier alpha value is -3.03. The quantitative estimate of drug-likeness (QED) is 0.478. The van der Waals surface area contributed by atoms with Crippen molar-refractivity contribution in [3.05, 3.63) is 65.2 Å². The Morgan fingerprint density at radius 3 is 2.38 bits per heavy atom. The molecule has 3 rings (SSSR count). The number of hydrogen-bond acceptors (Lipinski definition) is 5. The standard InChI is InChI=1S/C16H14ClN5O.C2H6O/c17-10-6-8-12(9-7-10)20-16(23)13-14(18)21-22-15(13)19-11-4-2-1-3-5-11;1-2-3/h1-9H,(H,20,23)(H4,18,19,21,22);3H,2H2,1H3. The van der Waals surface area contributed by atoms with Crippen LogP contribution in [0.25, 0.3) is 0 Å². The van der Waals surface area contributed by atoms with Crippen molar-refractivity contribution in [3.63, 3.8) is 0 Å². The van der Waals surface area contributed by atoms with Crippen molar-refractivity contribution in [3.8, 4) is 0 Å². The SMILES string of the molecule is CCO.Nc1[nH]nc(Nc2ccccc2)c1C(=O)Nc1ccc(Cl)cc1. The Kier molecular flexibility index (Phi) is 7.02. The molecule has 0 saturated carbocycles. The van der Waals surface area contributed by atoms with E-state index >= 15 is 0 Å². The highest BCUT2D eigenvalue weighted by Gasteiger charge is 2.19. The summed E-state index contributed by atoms with van der Waals surface area (Å²) in [5, 5.41) is 20.7. The van der Waals surface area contributed by atoms with Crippen LogP contribution < -0.4 is 16.4 Å². The Balaban J connectivity index is 0.000000758. The van der Waals surface area contributed by atoms with Gasteiger partial charge in [-0.15, -0.1) is 0 Å². The molecule has 0 aliphatic rings. The normalized spacial score (nSPS) is 9.81. The molecule has 3 aromatic rings. The van der Waals surface area contributed by atoms with Crippen LogP contribution in [0.1, 0.15) is 17.3 Å². The van der Waals surface area contributed by atoms with Gasteiger partial charge in [0.25, 0.3) is 5.91 Å². The molecule has 1 heterocycles. The first kappa shape index (κ1) is 19.3. The van der Waals surface area contributed by atoms with Gasteiger partial charge in [0.05, 0.1) is 0 Å². The lowest BCUT2D eigenvalue weighted by Crippen LogP contribution is -2.14. The minimum atomic E-state index is -0.364. The molecule has 0 unspecified atom stereocenters. The Labute approximate surface area is 156 Å². The fourth-order valence-corrected chi connectivity index (χ4v) is 2.19. The van der Waals surface area contributed by atoms with Crippen molar-refractivity contribution in [2.75, 3.05) is 23.0 Å². The number of H-pyrrole nitrogens is 1. The Bertz CT molecular complexity index is 835. The minimum absolute atomic E-state index is 0.190. The number of aliphatic hydroxyl groups is 1. The van der Waals surface area contributed by atoms with Gasteiger partial charge in [0.15, 0.2) is 5.82 Å². The Morgan fingerprint density at radius 2 is 1.77 bits per heavy atom. The number of rotatable bonds is 4. The van der Waals surface area contributed by atoms with Crippen LogP contribution in [-0.2, 0) is 0 Å². The van der Waals surface area contributed by atoms with E-state index in [9.17, 15) is 4.79 Å². The Morgan fingerprint density at radius 1 is 1.15 bits per heavy atom. The molecule has 0 atom stereocenters. The molecule has 136 valence electrons. The van der Waals surface area contributed by atoms with E-state index in [-0.39, 0.29) is 23.9 Å². The number of para-hydroxylation sites is 1. The zero-order chi connectivity index (χ0) is 18.9. The van der Waals surface area contributed by atoms with E-state index in [4.69, 9.17) is 22.4 Å². The van der Waals surface area contributed by atoms with Crippen molar-refractivity contribution < 1.29 is 9.90 Å². The summed E-state index contributed by atoms with van der Waals surface area (Å²) in [5.74, 6) is 0.187. The lowest BCUT2D eigenvalue weighted by molar-refractivity contribution is 0.102. The molecule has 7 nitrogen and oxygen atoms in total. The molecule has 26 heavy (non-hydrogen) atoms. The number of nitrogens with one attached hydrogen (secondary N) is 3. The van der Waals surface area contributed by atoms with Gasteiger partial charge in [0.2, 0.25) is 0 Å². The molecule has 0 saturated heterocycles. The minimum Gasteiger partial charge on any atom is -0.397 e. The van der Waals surface area contributed by atoms with E-state index in [0.29, 0.717) is 16.5 Å². The van der Waals surface area contributed by atoms with E-state index in [0.717, 1.165) is 5.69 Å². The highest BCUT2D eigenvalue weighted by molar-refractivity contribution is 6.30. The summed E-state index contributed by atoms with van der Waals surface area (Å²) in [5.41, 5.74) is 7.51. The molecule has 1 aromatic heterocycles. The van der Waals surface area contributed by atoms with Crippen molar-refractivity contribution in [2.24, 2.45) is 0 Å². The van der Waals surface area contributed by atoms with Crippen LogP contribution in [0.15, 0.2) is 54.6 Å². The van der Waals surface area contributed by atoms with Crippen LogP contribution in [0.4, 0.5) is 23.0 Å². The van der Waals surface area contributed by atoms with Gasteiger partial charge in [-0.05, 0) is 43.3 Å². The zero-order valence-corrected chi connectivity index (χ0v) is 14.9. The summed E-state index contributed by atoms with van der Waals surface area (Å²) >= 11 is 5.83. The van der Waals surface area contributed by atoms with Gasteiger partial charge in [0, 0.05) is 23.0 Å². The number of anilines is 4. The van der Waals surface area contributed by atoms with Crippen molar-refractivity contribution in [1.29, 1.82) is 0 Å². The summed E-state index contributed by atoms with van der Waals surface area (Å²) < 4.78 is 0. The number of carbonyl (C=O) groups is 1. The average molecular weight is 374 g/mol. The summed E-state index contributed by atoms with van der Waals surface area (Å²) in [6.45, 7) is 1.93. The molecule has 0 aliphatic carbocycles. The van der Waals surface area contributed by atoms with Crippen LogP contribution in [0.3, 0.4) is 0 Å². The third-order valence-electron chi connectivity index (χ3n) is 3.16. The number of aromatic amines is 1. The molecule has 0 bridgehead atoms. The number of halogens is 1. The van der Waals surface area contributed by atoms with Crippen LogP contribution in [0, 0.1) is 0 Å². The molecule has 1 amide bonds. The largest absolute Gasteiger partial charge is 0.397 e. The number of nitrogen functional groups attached to an aromatic ring is 1. The monoisotopic (exact) mass is 373 g/mol. The summed E-state index contributed by atoms with van der Waals surface area (Å²) in [4.78, 5) is 12.5. The van der Waals surface area contributed by atoms with Gasteiger partial charge in [0.1, 0.15) is 11.4 Å². The third kappa shape index (κ3) is 5.23. The van der Waals surface area contributed by atoms with Gasteiger partial charge >= 0.3 is 0 Å². The van der Waals surface area contributed by atoms with Crippen LogP contribution in [-0.4, -0.2) is 27.8 Å². The van der Waals surface area contributed by atoms with Crippen molar-refractivity contribution in [2.45, 2.75) is 6.92 Å². The highest BCUT2D eigenvalue weighted by atomic mass is 35.5. The smallest absolute Gasteiger partial charge is 0.263 e. The van der Waals surface area contributed by atoms with Crippen LogP contribution in [0.5, 0.6) is 0 Å². The third-order valence-corrected chi connectivity index (χ3v) is 3.41. The van der Waals surface area contributed by atoms with Gasteiger partial charge in [-0.25, -0.2) is 0 Å². The molecule has 0 aliphatic heterocycles. The number of nitrogens with two attached hydrogens (primary N) is 1. The van der Waals surface area contributed by atoms with Gasteiger partial charge < -0.3 is 21.5 Å². The number of benzene rings is 2.